The highest BCUT2D eigenvalue weighted by Crippen LogP contribution is 2.43. The van der Waals surface area contributed by atoms with Gasteiger partial charge in [-0.15, -0.1) is 0 Å². The molecule has 2 fully saturated rings. The fourth-order valence-electron chi connectivity index (χ4n) is 3.27. The van der Waals surface area contributed by atoms with Crippen LogP contribution in [0.5, 0.6) is 0 Å². The van der Waals surface area contributed by atoms with Gasteiger partial charge in [-0.3, -0.25) is 9.36 Å². The maximum absolute atomic E-state index is 11.1. The molecule has 2 aliphatic heterocycles. The van der Waals surface area contributed by atoms with Crippen LogP contribution < -0.4 is 5.73 Å². The third-order valence-electron chi connectivity index (χ3n) is 4.24. The lowest BCUT2D eigenvalue weighted by molar-refractivity contribution is -0.201. The first-order valence-electron chi connectivity index (χ1n) is 7.93. The highest BCUT2D eigenvalue weighted by molar-refractivity contribution is 5.81. The van der Waals surface area contributed by atoms with Crippen LogP contribution in [-0.2, 0) is 23.7 Å². The molecule has 2 aliphatic rings. The van der Waals surface area contributed by atoms with Gasteiger partial charge in [0.25, 0.3) is 0 Å². The SMILES string of the molecule is CC(=O)OC[C@@H]1O[C@H](n2cnc3c(N)ncnc32)[C@@H]2OC(C)(C)O[C@H]21. The average molecular weight is 349 g/mol. The zero-order valence-electron chi connectivity index (χ0n) is 14.1. The molecule has 10 nitrogen and oxygen atoms in total. The Kier molecular flexibility index (Phi) is 3.63. The van der Waals surface area contributed by atoms with Gasteiger partial charge in [0.1, 0.15) is 36.8 Å². The maximum atomic E-state index is 11.1. The van der Waals surface area contributed by atoms with Crippen LogP contribution in [0.4, 0.5) is 5.82 Å². The molecule has 2 aromatic rings. The van der Waals surface area contributed by atoms with E-state index in [1.54, 1.807) is 10.9 Å². The molecule has 0 aromatic carbocycles. The quantitative estimate of drug-likeness (QED) is 0.783. The molecule has 25 heavy (non-hydrogen) atoms. The predicted molar refractivity (Wildman–Crippen MR) is 84.1 cm³/mol. The van der Waals surface area contributed by atoms with Crippen molar-refractivity contribution < 1.29 is 23.7 Å². The van der Waals surface area contributed by atoms with Gasteiger partial charge in [-0.1, -0.05) is 0 Å². The van der Waals surface area contributed by atoms with Crippen LogP contribution in [0.15, 0.2) is 12.7 Å². The summed E-state index contributed by atoms with van der Waals surface area (Å²) in [7, 11) is 0. The van der Waals surface area contributed by atoms with E-state index in [1.807, 2.05) is 13.8 Å². The molecule has 2 aromatic heterocycles. The lowest BCUT2D eigenvalue weighted by atomic mass is 10.1. The standard InChI is InChI=1S/C15H19N5O5/c1-7(21)22-4-8-10-11(25-15(2,3)24-10)14(23-8)20-6-19-9-12(16)17-5-18-13(9)20/h5-6,8,10-11,14H,4H2,1-3H3,(H2,16,17,18)/t8-,10-,11+,14-/m0/s1. The summed E-state index contributed by atoms with van der Waals surface area (Å²) in [6.07, 6.45) is 1.18. The largest absolute Gasteiger partial charge is 0.463 e. The number of ether oxygens (including phenoxy) is 4. The van der Waals surface area contributed by atoms with Crippen molar-refractivity contribution in [3.8, 4) is 0 Å². The highest BCUT2D eigenvalue weighted by Gasteiger charge is 2.56. The van der Waals surface area contributed by atoms with Gasteiger partial charge >= 0.3 is 5.97 Å². The summed E-state index contributed by atoms with van der Waals surface area (Å²) < 4.78 is 24.9. The van der Waals surface area contributed by atoms with Crippen molar-refractivity contribution in [2.24, 2.45) is 0 Å². The van der Waals surface area contributed by atoms with Gasteiger partial charge < -0.3 is 24.7 Å². The minimum atomic E-state index is -0.768. The Balaban J connectivity index is 1.68. The molecule has 0 amide bonds. The van der Waals surface area contributed by atoms with Crippen molar-refractivity contribution in [2.45, 2.75) is 51.1 Å². The number of hydrogen-bond donors (Lipinski definition) is 1. The van der Waals surface area contributed by atoms with Gasteiger partial charge in [0.05, 0.1) is 6.33 Å². The fraction of sp³-hybridized carbons (Fsp3) is 0.600. The zero-order chi connectivity index (χ0) is 17.8. The highest BCUT2D eigenvalue weighted by atomic mass is 16.8. The van der Waals surface area contributed by atoms with Gasteiger partial charge in [0.15, 0.2) is 23.5 Å². The number of carbonyl (C=O) groups excluding carboxylic acids is 1. The monoisotopic (exact) mass is 349 g/mol. The molecule has 4 atom stereocenters. The molecule has 2 saturated heterocycles. The first-order valence-corrected chi connectivity index (χ1v) is 7.93. The second-order valence-electron chi connectivity index (χ2n) is 6.52. The van der Waals surface area contributed by atoms with E-state index in [0.29, 0.717) is 17.0 Å². The number of esters is 1. The van der Waals surface area contributed by atoms with Crippen LogP contribution in [0.3, 0.4) is 0 Å². The first kappa shape index (κ1) is 16.2. The molecule has 4 heterocycles. The summed E-state index contributed by atoms with van der Waals surface area (Å²) in [5.41, 5.74) is 6.87. The zero-order valence-corrected chi connectivity index (χ0v) is 14.1. The summed E-state index contributed by atoms with van der Waals surface area (Å²) in [6, 6.07) is 0. The van der Waals surface area contributed by atoms with Gasteiger partial charge in [-0.05, 0) is 13.8 Å². The van der Waals surface area contributed by atoms with E-state index >= 15 is 0 Å². The van der Waals surface area contributed by atoms with Crippen LogP contribution in [0, 0.1) is 0 Å². The van der Waals surface area contributed by atoms with E-state index in [4.69, 9.17) is 24.7 Å². The number of nitrogens with zero attached hydrogens (tertiary/aromatic N) is 4. The molecule has 10 heteroatoms. The molecule has 2 N–H and O–H groups in total. The van der Waals surface area contributed by atoms with Crippen LogP contribution >= 0.6 is 0 Å². The average Bonchev–Trinajstić information content (AvgIpc) is 3.17. The van der Waals surface area contributed by atoms with Crippen molar-refractivity contribution >= 4 is 23.0 Å². The Morgan fingerprint density at radius 2 is 2.08 bits per heavy atom. The molecule has 4 rings (SSSR count). The van der Waals surface area contributed by atoms with E-state index < -0.39 is 24.2 Å². The maximum Gasteiger partial charge on any atom is 0.302 e. The minimum Gasteiger partial charge on any atom is -0.463 e. The summed E-state index contributed by atoms with van der Waals surface area (Å²) in [5.74, 6) is -0.856. The number of fused-ring (bicyclic) bond motifs is 2. The lowest BCUT2D eigenvalue weighted by Gasteiger charge is -2.24. The van der Waals surface area contributed by atoms with Gasteiger partial charge in [-0.25, -0.2) is 15.0 Å². The lowest BCUT2D eigenvalue weighted by Crippen LogP contribution is -2.33. The Bertz CT molecular complexity index is 822. The Hall–Kier alpha value is -2.30. The predicted octanol–water partition coefficient (Wildman–Crippen LogP) is 0.389. The van der Waals surface area contributed by atoms with Crippen molar-refractivity contribution in [3.63, 3.8) is 0 Å². The summed E-state index contributed by atoms with van der Waals surface area (Å²) >= 11 is 0. The van der Waals surface area contributed by atoms with E-state index in [9.17, 15) is 4.79 Å². The number of nitrogens with two attached hydrogens (primary N) is 1. The van der Waals surface area contributed by atoms with Crippen LogP contribution in [0.25, 0.3) is 11.2 Å². The second kappa shape index (κ2) is 5.61. The van der Waals surface area contributed by atoms with E-state index in [0.717, 1.165) is 0 Å². The number of aromatic nitrogens is 4. The molecule has 0 unspecified atom stereocenters. The number of imidazole rings is 1. The number of anilines is 1. The van der Waals surface area contributed by atoms with Crippen molar-refractivity contribution in [1.82, 2.24) is 19.5 Å². The van der Waals surface area contributed by atoms with Crippen LogP contribution in [-0.4, -0.2) is 56.2 Å². The number of carbonyl (C=O) groups is 1. The molecule has 0 spiro atoms. The van der Waals surface area contributed by atoms with Crippen molar-refractivity contribution in [1.29, 1.82) is 0 Å². The Morgan fingerprint density at radius 3 is 2.84 bits per heavy atom. The summed E-state index contributed by atoms with van der Waals surface area (Å²) in [4.78, 5) is 23.6. The van der Waals surface area contributed by atoms with Crippen LogP contribution in [0.1, 0.15) is 27.0 Å². The van der Waals surface area contributed by atoms with Gasteiger partial charge in [-0.2, -0.15) is 0 Å². The summed E-state index contributed by atoms with van der Waals surface area (Å²) in [5, 5.41) is 0. The molecule has 0 bridgehead atoms. The van der Waals surface area contributed by atoms with Crippen molar-refractivity contribution in [2.75, 3.05) is 12.3 Å². The topological polar surface area (TPSA) is 124 Å². The van der Waals surface area contributed by atoms with Crippen molar-refractivity contribution in [3.05, 3.63) is 12.7 Å². The minimum absolute atomic E-state index is 0.0796. The van der Waals surface area contributed by atoms with Gasteiger partial charge in [0, 0.05) is 6.92 Å². The smallest absolute Gasteiger partial charge is 0.302 e. The molecule has 0 radical (unpaired) electrons. The number of nitrogen functional groups attached to an aromatic ring is 1. The first-order chi connectivity index (χ1) is 11.9. The van der Waals surface area contributed by atoms with E-state index in [-0.39, 0.29) is 18.7 Å². The molecular weight excluding hydrogens is 330 g/mol. The molecule has 0 aliphatic carbocycles. The summed E-state index contributed by atoms with van der Waals surface area (Å²) in [6.45, 7) is 5.09. The molecular formula is C15H19N5O5. The molecule has 0 saturated carbocycles. The second-order valence-corrected chi connectivity index (χ2v) is 6.52. The van der Waals surface area contributed by atoms with Crippen LogP contribution in [0.2, 0.25) is 0 Å². The van der Waals surface area contributed by atoms with Gasteiger partial charge in [0.2, 0.25) is 0 Å². The Labute approximate surface area is 143 Å². The third kappa shape index (κ3) is 2.71. The molecule has 134 valence electrons. The van der Waals surface area contributed by atoms with E-state index in [1.165, 1.54) is 13.3 Å². The fourth-order valence-corrected chi connectivity index (χ4v) is 3.27. The number of hydrogen-bond acceptors (Lipinski definition) is 9. The normalized spacial score (nSPS) is 30.5. The van der Waals surface area contributed by atoms with E-state index in [2.05, 4.69) is 15.0 Å². The number of rotatable bonds is 3. The third-order valence-corrected chi connectivity index (χ3v) is 4.24. The Morgan fingerprint density at radius 1 is 1.32 bits per heavy atom.